The van der Waals surface area contributed by atoms with Crippen LogP contribution in [0.1, 0.15) is 10.4 Å². The molecule has 4 aromatic rings. The van der Waals surface area contributed by atoms with E-state index in [2.05, 4.69) is 25.5 Å². The van der Waals surface area contributed by atoms with Gasteiger partial charge in [-0.15, -0.1) is 0 Å². The summed E-state index contributed by atoms with van der Waals surface area (Å²) in [5.74, 6) is 0.458. The molecule has 0 bridgehead atoms. The van der Waals surface area contributed by atoms with Crippen molar-refractivity contribution in [3.63, 3.8) is 0 Å². The number of amides is 1. The molecular formula is C27H24FN5O2. The molecule has 176 valence electrons. The van der Waals surface area contributed by atoms with E-state index in [1.807, 2.05) is 24.3 Å². The van der Waals surface area contributed by atoms with Crippen molar-refractivity contribution in [1.82, 2.24) is 9.97 Å². The molecule has 0 radical (unpaired) electrons. The normalized spacial score (nSPS) is 13.3. The average molecular weight is 470 g/mol. The Hall–Kier alpha value is -4.30. The molecule has 0 saturated carbocycles. The molecule has 0 atom stereocenters. The fraction of sp³-hybridized carbons (Fsp3) is 0.148. The van der Waals surface area contributed by atoms with E-state index in [0.29, 0.717) is 22.8 Å². The number of carbonyl (C=O) groups excluding carboxylic acids is 1. The summed E-state index contributed by atoms with van der Waals surface area (Å²) in [7, 11) is 0. The zero-order chi connectivity index (χ0) is 24.0. The summed E-state index contributed by atoms with van der Waals surface area (Å²) in [6.45, 7) is 3.20. The second kappa shape index (κ2) is 10.3. The first-order chi connectivity index (χ1) is 17.1. The predicted octanol–water partition coefficient (Wildman–Crippen LogP) is 5.12. The van der Waals surface area contributed by atoms with Crippen LogP contribution in [0.15, 0.2) is 85.1 Å². The van der Waals surface area contributed by atoms with E-state index in [-0.39, 0.29) is 11.7 Å². The van der Waals surface area contributed by atoms with Crippen molar-refractivity contribution >= 4 is 28.8 Å². The van der Waals surface area contributed by atoms with Crippen molar-refractivity contribution in [3.8, 4) is 11.4 Å². The van der Waals surface area contributed by atoms with Crippen LogP contribution in [0.4, 0.5) is 27.3 Å². The quantitative estimate of drug-likeness (QED) is 0.408. The van der Waals surface area contributed by atoms with Crippen LogP contribution in [0.3, 0.4) is 0 Å². The second-order valence-electron chi connectivity index (χ2n) is 8.08. The highest BCUT2D eigenvalue weighted by Gasteiger charge is 2.12. The van der Waals surface area contributed by atoms with E-state index in [4.69, 9.17) is 4.74 Å². The summed E-state index contributed by atoms with van der Waals surface area (Å²) in [5.41, 5.74) is 3.75. The van der Waals surface area contributed by atoms with Crippen molar-refractivity contribution in [3.05, 3.63) is 96.4 Å². The maximum atomic E-state index is 13.5. The average Bonchev–Trinajstić information content (AvgIpc) is 2.90. The van der Waals surface area contributed by atoms with E-state index >= 15 is 0 Å². The Balaban J connectivity index is 1.21. The van der Waals surface area contributed by atoms with Gasteiger partial charge in [0.05, 0.1) is 13.2 Å². The molecule has 7 nitrogen and oxygen atoms in total. The van der Waals surface area contributed by atoms with Crippen LogP contribution in [0.2, 0.25) is 0 Å². The minimum absolute atomic E-state index is 0.189. The third-order valence-electron chi connectivity index (χ3n) is 5.66. The van der Waals surface area contributed by atoms with Gasteiger partial charge < -0.3 is 20.3 Å². The fourth-order valence-corrected chi connectivity index (χ4v) is 3.83. The van der Waals surface area contributed by atoms with Gasteiger partial charge in [-0.3, -0.25) is 4.79 Å². The zero-order valence-corrected chi connectivity index (χ0v) is 18.9. The number of aromatic nitrogens is 2. The molecule has 2 heterocycles. The van der Waals surface area contributed by atoms with Crippen LogP contribution >= 0.6 is 0 Å². The Morgan fingerprint density at radius 1 is 0.914 bits per heavy atom. The van der Waals surface area contributed by atoms with Gasteiger partial charge in [0.15, 0.2) is 5.82 Å². The highest BCUT2D eigenvalue weighted by Crippen LogP contribution is 2.22. The molecule has 1 aliphatic heterocycles. The van der Waals surface area contributed by atoms with Crippen LogP contribution < -0.4 is 15.5 Å². The number of nitrogens with one attached hydrogen (secondary N) is 2. The first-order valence-corrected chi connectivity index (χ1v) is 11.3. The summed E-state index contributed by atoms with van der Waals surface area (Å²) < 4.78 is 18.9. The predicted molar refractivity (Wildman–Crippen MR) is 135 cm³/mol. The van der Waals surface area contributed by atoms with Crippen molar-refractivity contribution in [2.45, 2.75) is 0 Å². The first-order valence-electron chi connectivity index (χ1n) is 11.3. The molecule has 5 rings (SSSR count). The standard InChI is InChI=1S/C27H24FN5O2/c28-21-3-1-2-20(18-21)26-29-13-12-25(32-26)30-22-6-4-19(5-7-22)27(34)31-23-8-10-24(11-9-23)33-14-16-35-17-15-33/h1-13,18H,14-17H2,(H,31,34)(H,29,30,32). The van der Waals surface area contributed by atoms with E-state index in [1.54, 1.807) is 48.7 Å². The third kappa shape index (κ3) is 5.62. The van der Waals surface area contributed by atoms with Gasteiger partial charge in [-0.05, 0) is 66.7 Å². The zero-order valence-electron chi connectivity index (χ0n) is 18.9. The molecule has 0 unspecified atom stereocenters. The van der Waals surface area contributed by atoms with Crippen LogP contribution in [0.5, 0.6) is 0 Å². The van der Waals surface area contributed by atoms with Gasteiger partial charge in [0, 0.05) is 47.5 Å². The summed E-state index contributed by atoms with van der Waals surface area (Å²) in [6, 6.07) is 22.8. The molecule has 1 saturated heterocycles. The molecule has 0 aliphatic carbocycles. The van der Waals surface area contributed by atoms with Gasteiger partial charge in [-0.25, -0.2) is 14.4 Å². The number of hydrogen-bond donors (Lipinski definition) is 2. The number of morpholine rings is 1. The van der Waals surface area contributed by atoms with Gasteiger partial charge >= 0.3 is 0 Å². The van der Waals surface area contributed by atoms with Gasteiger partial charge in [0.25, 0.3) is 5.91 Å². The SMILES string of the molecule is O=C(Nc1ccc(N2CCOCC2)cc1)c1ccc(Nc2ccnc(-c3cccc(F)c3)n2)cc1. The third-order valence-corrected chi connectivity index (χ3v) is 5.66. The van der Waals surface area contributed by atoms with Crippen molar-refractivity contribution < 1.29 is 13.9 Å². The molecule has 1 aliphatic rings. The molecule has 2 N–H and O–H groups in total. The number of anilines is 4. The molecule has 1 aromatic heterocycles. The van der Waals surface area contributed by atoms with Crippen LogP contribution in [0.25, 0.3) is 11.4 Å². The summed E-state index contributed by atoms with van der Waals surface area (Å²) in [4.78, 5) is 23.6. The van der Waals surface area contributed by atoms with E-state index < -0.39 is 0 Å². The van der Waals surface area contributed by atoms with Crippen LogP contribution in [0, 0.1) is 5.82 Å². The van der Waals surface area contributed by atoms with Gasteiger partial charge in [0.2, 0.25) is 0 Å². The minimum atomic E-state index is -0.341. The highest BCUT2D eigenvalue weighted by atomic mass is 19.1. The Bertz CT molecular complexity index is 1310. The molecule has 35 heavy (non-hydrogen) atoms. The smallest absolute Gasteiger partial charge is 0.255 e. The van der Waals surface area contributed by atoms with Gasteiger partial charge in [-0.2, -0.15) is 0 Å². The maximum absolute atomic E-state index is 13.5. The van der Waals surface area contributed by atoms with Gasteiger partial charge in [0.1, 0.15) is 11.6 Å². The lowest BCUT2D eigenvalue weighted by atomic mass is 10.2. The van der Waals surface area contributed by atoms with E-state index in [1.165, 1.54) is 12.1 Å². The van der Waals surface area contributed by atoms with Gasteiger partial charge in [-0.1, -0.05) is 12.1 Å². The number of rotatable bonds is 6. The number of hydrogen-bond acceptors (Lipinski definition) is 6. The van der Waals surface area contributed by atoms with Crippen molar-refractivity contribution in [1.29, 1.82) is 0 Å². The molecule has 3 aromatic carbocycles. The lowest BCUT2D eigenvalue weighted by Crippen LogP contribution is -2.36. The first kappa shape index (κ1) is 22.5. The molecule has 8 heteroatoms. The largest absolute Gasteiger partial charge is 0.378 e. The molecule has 1 fully saturated rings. The number of carbonyl (C=O) groups is 1. The Kier molecular flexibility index (Phi) is 6.63. The van der Waals surface area contributed by atoms with Crippen LogP contribution in [-0.4, -0.2) is 42.2 Å². The second-order valence-corrected chi connectivity index (χ2v) is 8.08. The number of ether oxygens (including phenoxy) is 1. The molecule has 1 amide bonds. The summed E-state index contributed by atoms with van der Waals surface area (Å²) in [5, 5.41) is 6.13. The lowest BCUT2D eigenvalue weighted by Gasteiger charge is -2.28. The van der Waals surface area contributed by atoms with E-state index in [0.717, 1.165) is 43.4 Å². The molecule has 0 spiro atoms. The lowest BCUT2D eigenvalue weighted by molar-refractivity contribution is 0.102. The summed E-state index contributed by atoms with van der Waals surface area (Å²) >= 11 is 0. The van der Waals surface area contributed by atoms with Crippen molar-refractivity contribution in [2.24, 2.45) is 0 Å². The number of benzene rings is 3. The van der Waals surface area contributed by atoms with Crippen molar-refractivity contribution in [2.75, 3.05) is 41.8 Å². The van der Waals surface area contributed by atoms with Crippen LogP contribution in [-0.2, 0) is 4.74 Å². The Morgan fingerprint density at radius 3 is 2.40 bits per heavy atom. The topological polar surface area (TPSA) is 79.4 Å². The maximum Gasteiger partial charge on any atom is 0.255 e. The number of halogens is 1. The Labute approximate surface area is 202 Å². The fourth-order valence-electron chi connectivity index (χ4n) is 3.83. The monoisotopic (exact) mass is 469 g/mol. The highest BCUT2D eigenvalue weighted by molar-refractivity contribution is 6.04. The number of nitrogens with zero attached hydrogens (tertiary/aromatic N) is 3. The Morgan fingerprint density at radius 2 is 1.66 bits per heavy atom. The molecular weight excluding hydrogens is 445 g/mol. The van der Waals surface area contributed by atoms with E-state index in [9.17, 15) is 9.18 Å². The minimum Gasteiger partial charge on any atom is -0.378 e. The summed E-state index contributed by atoms with van der Waals surface area (Å²) in [6.07, 6.45) is 1.61.